The number of hydrogen-bond acceptors (Lipinski definition) is 3. The van der Waals surface area contributed by atoms with Gasteiger partial charge < -0.3 is 11.1 Å². The number of para-hydroxylation sites is 1. The van der Waals surface area contributed by atoms with Crippen molar-refractivity contribution in [2.45, 2.75) is 0 Å². The number of nitrogen functional groups attached to an aromatic ring is 1. The number of anilines is 3. The predicted molar refractivity (Wildman–Crippen MR) is 63.3 cm³/mol. The normalized spacial score (nSPS) is 10.1. The second-order valence-electron chi connectivity index (χ2n) is 3.16. The van der Waals surface area contributed by atoms with E-state index in [0.717, 1.165) is 0 Å². The highest BCUT2D eigenvalue weighted by Gasteiger charge is 2.08. The maximum Gasteiger partial charge on any atom is 0.148 e. The molecule has 0 bridgehead atoms. The summed E-state index contributed by atoms with van der Waals surface area (Å²) in [7, 11) is 0. The topological polar surface area (TPSA) is 50.9 Å². The van der Waals surface area contributed by atoms with Crippen LogP contribution in [-0.4, -0.2) is 4.98 Å². The third kappa shape index (κ3) is 2.06. The van der Waals surface area contributed by atoms with Crippen molar-refractivity contribution in [3.05, 3.63) is 47.4 Å². The Bertz CT molecular complexity index is 496. The molecule has 0 radical (unpaired) electrons. The van der Waals surface area contributed by atoms with E-state index in [1.807, 2.05) is 0 Å². The molecule has 2 rings (SSSR count). The first-order chi connectivity index (χ1) is 7.68. The molecule has 3 N–H and O–H groups in total. The number of nitrogens with zero attached hydrogens (tertiary/aromatic N) is 1. The minimum atomic E-state index is -0.434. The first-order valence-corrected chi connectivity index (χ1v) is 4.98. The number of aromatic nitrogens is 1. The summed E-state index contributed by atoms with van der Waals surface area (Å²) in [4.78, 5) is 3.88. The number of nitrogens with one attached hydrogen (secondary N) is 1. The first-order valence-electron chi connectivity index (χ1n) is 4.60. The van der Waals surface area contributed by atoms with Crippen molar-refractivity contribution in [3.63, 3.8) is 0 Å². The Balaban J connectivity index is 2.38. The van der Waals surface area contributed by atoms with Crippen molar-refractivity contribution in [2.24, 2.45) is 0 Å². The van der Waals surface area contributed by atoms with Gasteiger partial charge in [0.15, 0.2) is 0 Å². The van der Waals surface area contributed by atoms with Gasteiger partial charge in [0.2, 0.25) is 0 Å². The Labute approximate surface area is 97.1 Å². The predicted octanol–water partition coefficient (Wildman–Crippen LogP) is 3.20. The molecule has 0 aliphatic heterocycles. The lowest BCUT2D eigenvalue weighted by Gasteiger charge is -2.10. The second-order valence-corrected chi connectivity index (χ2v) is 3.57. The molecule has 0 unspecified atom stereocenters. The number of halogens is 2. The summed E-state index contributed by atoms with van der Waals surface area (Å²) in [5.41, 5.74) is 6.35. The van der Waals surface area contributed by atoms with E-state index in [0.29, 0.717) is 16.5 Å². The zero-order chi connectivity index (χ0) is 11.5. The van der Waals surface area contributed by atoms with Gasteiger partial charge in [-0.3, -0.25) is 0 Å². The highest BCUT2D eigenvalue weighted by atomic mass is 35.5. The van der Waals surface area contributed by atoms with Gasteiger partial charge in [-0.25, -0.2) is 9.37 Å². The Morgan fingerprint density at radius 1 is 1.25 bits per heavy atom. The van der Waals surface area contributed by atoms with Crippen molar-refractivity contribution < 1.29 is 4.39 Å². The van der Waals surface area contributed by atoms with E-state index in [2.05, 4.69) is 10.3 Å². The Morgan fingerprint density at radius 2 is 2.06 bits per heavy atom. The van der Waals surface area contributed by atoms with Crippen molar-refractivity contribution in [1.82, 2.24) is 4.98 Å². The highest BCUT2D eigenvalue weighted by molar-refractivity contribution is 6.33. The SMILES string of the molecule is Nc1ncccc1Nc1c(F)cccc1Cl. The van der Waals surface area contributed by atoms with Crippen LogP contribution in [0.15, 0.2) is 36.5 Å². The van der Waals surface area contributed by atoms with E-state index in [1.165, 1.54) is 12.1 Å². The molecule has 0 saturated carbocycles. The van der Waals surface area contributed by atoms with Gasteiger partial charge in [-0.1, -0.05) is 17.7 Å². The fourth-order valence-corrected chi connectivity index (χ4v) is 1.49. The third-order valence-corrected chi connectivity index (χ3v) is 2.38. The van der Waals surface area contributed by atoms with Gasteiger partial charge in [-0.05, 0) is 24.3 Å². The fourth-order valence-electron chi connectivity index (χ4n) is 1.28. The molecule has 16 heavy (non-hydrogen) atoms. The maximum atomic E-state index is 13.5. The number of benzene rings is 1. The van der Waals surface area contributed by atoms with E-state index in [1.54, 1.807) is 24.4 Å². The molecule has 0 aliphatic carbocycles. The van der Waals surface area contributed by atoms with Crippen LogP contribution in [0, 0.1) is 5.82 Å². The monoisotopic (exact) mass is 237 g/mol. The molecule has 0 fully saturated rings. The van der Waals surface area contributed by atoms with Crippen LogP contribution in [0.2, 0.25) is 5.02 Å². The summed E-state index contributed by atoms with van der Waals surface area (Å²) in [5.74, 6) is -0.141. The number of nitrogens with two attached hydrogens (primary N) is 1. The maximum absolute atomic E-state index is 13.5. The average molecular weight is 238 g/mol. The van der Waals surface area contributed by atoms with E-state index in [-0.39, 0.29) is 5.69 Å². The molecule has 0 aliphatic rings. The van der Waals surface area contributed by atoms with Crippen LogP contribution in [-0.2, 0) is 0 Å². The van der Waals surface area contributed by atoms with Gasteiger partial charge in [0.05, 0.1) is 16.4 Å². The summed E-state index contributed by atoms with van der Waals surface area (Å²) in [6.07, 6.45) is 1.56. The lowest BCUT2D eigenvalue weighted by Crippen LogP contribution is -2.00. The molecule has 5 heteroatoms. The molecule has 0 spiro atoms. The van der Waals surface area contributed by atoms with Crippen LogP contribution in [0.25, 0.3) is 0 Å². The average Bonchev–Trinajstić information content (AvgIpc) is 2.26. The van der Waals surface area contributed by atoms with E-state index < -0.39 is 5.82 Å². The molecule has 82 valence electrons. The summed E-state index contributed by atoms with van der Waals surface area (Å²) in [6.45, 7) is 0. The Hall–Kier alpha value is -1.81. The van der Waals surface area contributed by atoms with Crippen LogP contribution in [0.1, 0.15) is 0 Å². The van der Waals surface area contributed by atoms with Crippen LogP contribution in [0.4, 0.5) is 21.6 Å². The number of pyridine rings is 1. The van der Waals surface area contributed by atoms with Gasteiger partial charge in [0.1, 0.15) is 11.6 Å². The van der Waals surface area contributed by atoms with Crippen molar-refractivity contribution >= 4 is 28.8 Å². The van der Waals surface area contributed by atoms with E-state index in [9.17, 15) is 4.39 Å². The molecular formula is C11H9ClFN3. The van der Waals surface area contributed by atoms with Crippen molar-refractivity contribution in [3.8, 4) is 0 Å². The first kappa shape index (κ1) is 10.7. The van der Waals surface area contributed by atoms with E-state index >= 15 is 0 Å². The molecule has 1 aromatic carbocycles. The summed E-state index contributed by atoms with van der Waals surface area (Å²) < 4.78 is 13.5. The zero-order valence-electron chi connectivity index (χ0n) is 8.24. The molecular weight excluding hydrogens is 229 g/mol. The highest BCUT2D eigenvalue weighted by Crippen LogP contribution is 2.29. The second kappa shape index (κ2) is 4.37. The summed E-state index contributed by atoms with van der Waals surface area (Å²) in [5, 5.41) is 3.11. The minimum absolute atomic E-state index is 0.198. The zero-order valence-corrected chi connectivity index (χ0v) is 9.00. The van der Waals surface area contributed by atoms with Gasteiger partial charge in [0, 0.05) is 6.20 Å². The molecule has 1 aromatic heterocycles. The molecule has 0 saturated heterocycles. The Morgan fingerprint density at radius 3 is 2.75 bits per heavy atom. The molecule has 0 atom stereocenters. The van der Waals surface area contributed by atoms with Crippen LogP contribution in [0.3, 0.4) is 0 Å². The summed E-state index contributed by atoms with van der Waals surface area (Å²) >= 11 is 5.87. The van der Waals surface area contributed by atoms with Gasteiger partial charge in [0.25, 0.3) is 0 Å². The van der Waals surface area contributed by atoms with Crippen LogP contribution < -0.4 is 11.1 Å². The Kier molecular flexibility index (Phi) is 2.92. The number of hydrogen-bond donors (Lipinski definition) is 2. The van der Waals surface area contributed by atoms with Gasteiger partial charge in [-0.2, -0.15) is 0 Å². The lowest BCUT2D eigenvalue weighted by atomic mass is 10.3. The molecule has 2 aromatic rings. The standard InChI is InChI=1S/C11H9ClFN3/c12-7-3-1-4-8(13)10(7)16-9-5-2-6-15-11(9)14/h1-6,16H,(H2,14,15). The van der Waals surface area contributed by atoms with E-state index in [4.69, 9.17) is 17.3 Å². The number of rotatable bonds is 2. The van der Waals surface area contributed by atoms with Crippen LogP contribution in [0.5, 0.6) is 0 Å². The summed E-state index contributed by atoms with van der Waals surface area (Å²) in [6, 6.07) is 7.86. The van der Waals surface area contributed by atoms with Crippen LogP contribution >= 0.6 is 11.6 Å². The molecule has 1 heterocycles. The van der Waals surface area contributed by atoms with Crippen molar-refractivity contribution in [2.75, 3.05) is 11.1 Å². The van der Waals surface area contributed by atoms with Gasteiger partial charge >= 0.3 is 0 Å². The molecule has 0 amide bonds. The smallest absolute Gasteiger partial charge is 0.148 e. The van der Waals surface area contributed by atoms with Gasteiger partial charge in [-0.15, -0.1) is 0 Å². The quantitative estimate of drug-likeness (QED) is 0.843. The van der Waals surface area contributed by atoms with Crippen molar-refractivity contribution in [1.29, 1.82) is 0 Å². The molecule has 3 nitrogen and oxygen atoms in total. The minimum Gasteiger partial charge on any atom is -0.382 e. The largest absolute Gasteiger partial charge is 0.382 e. The lowest BCUT2D eigenvalue weighted by molar-refractivity contribution is 0.632. The fraction of sp³-hybridized carbons (Fsp3) is 0. The third-order valence-electron chi connectivity index (χ3n) is 2.06.